The summed E-state index contributed by atoms with van der Waals surface area (Å²) in [5, 5.41) is 0. The summed E-state index contributed by atoms with van der Waals surface area (Å²) in [7, 11) is -1.29. The predicted molar refractivity (Wildman–Crippen MR) is 71.9 cm³/mol. The number of rotatable bonds is 10. The molecule has 0 rings (SSSR count). The lowest BCUT2D eigenvalue weighted by atomic mass is 10.1. The third-order valence-electron chi connectivity index (χ3n) is 2.83. The van der Waals surface area contributed by atoms with Gasteiger partial charge in [-0.05, 0) is 25.6 Å². The first kappa shape index (κ1) is 15.2. The molecular weight excluding hydrogens is 200 g/mol. The topological polar surface area (TPSA) is 9.23 Å². The molecule has 0 heterocycles. The van der Waals surface area contributed by atoms with Gasteiger partial charge in [0.15, 0.2) is 8.32 Å². The predicted octanol–water partition coefficient (Wildman–Crippen LogP) is 4.98. The molecule has 0 aliphatic carbocycles. The van der Waals surface area contributed by atoms with Gasteiger partial charge < -0.3 is 4.43 Å². The van der Waals surface area contributed by atoms with E-state index in [1.165, 1.54) is 44.6 Å². The lowest BCUT2D eigenvalue weighted by Gasteiger charge is -2.22. The maximum absolute atomic E-state index is 5.95. The minimum absolute atomic E-state index is 0.967. The van der Waals surface area contributed by atoms with Gasteiger partial charge >= 0.3 is 0 Å². The average Bonchev–Trinajstić information content (AvgIpc) is 2.20. The smallest absolute Gasteiger partial charge is 0.186 e. The zero-order valence-electron chi connectivity index (χ0n) is 11.3. The molecule has 0 radical (unpaired) electrons. The molecule has 0 aromatic heterocycles. The highest BCUT2D eigenvalue weighted by Crippen LogP contribution is 2.17. The fourth-order valence-corrected chi connectivity index (χ4v) is 3.78. The Morgan fingerprint density at radius 2 is 1.40 bits per heavy atom. The Balaban J connectivity index is 3.32. The Labute approximate surface area is 97.7 Å². The Hall–Kier alpha value is 0.177. The van der Waals surface area contributed by atoms with Crippen LogP contribution in [-0.4, -0.2) is 14.9 Å². The van der Waals surface area contributed by atoms with Gasteiger partial charge in [-0.3, -0.25) is 0 Å². The van der Waals surface area contributed by atoms with Crippen molar-refractivity contribution in [2.24, 2.45) is 0 Å². The molecule has 1 nitrogen and oxygen atoms in total. The van der Waals surface area contributed by atoms with Gasteiger partial charge in [-0.25, -0.2) is 0 Å². The van der Waals surface area contributed by atoms with Crippen molar-refractivity contribution >= 4 is 8.32 Å². The summed E-state index contributed by atoms with van der Waals surface area (Å²) in [6.45, 7) is 10.1. The molecular formula is C13H30OSi. The van der Waals surface area contributed by atoms with Crippen LogP contribution in [0.3, 0.4) is 0 Å². The van der Waals surface area contributed by atoms with Gasteiger partial charge in [0, 0.05) is 6.61 Å². The summed E-state index contributed by atoms with van der Waals surface area (Å²) in [6.07, 6.45) is 9.55. The van der Waals surface area contributed by atoms with Crippen LogP contribution < -0.4 is 0 Å². The van der Waals surface area contributed by atoms with Crippen LogP contribution >= 0.6 is 0 Å². The molecule has 0 atom stereocenters. The monoisotopic (exact) mass is 230 g/mol. The summed E-state index contributed by atoms with van der Waals surface area (Å²) < 4.78 is 5.95. The summed E-state index contributed by atoms with van der Waals surface area (Å²) in [6, 6.07) is 1.35. The van der Waals surface area contributed by atoms with Gasteiger partial charge in [0.25, 0.3) is 0 Å². The minimum atomic E-state index is -1.29. The van der Waals surface area contributed by atoms with E-state index in [0.29, 0.717) is 0 Å². The molecule has 0 saturated carbocycles. The second-order valence-corrected chi connectivity index (χ2v) is 9.43. The first-order chi connectivity index (χ1) is 7.12. The van der Waals surface area contributed by atoms with Gasteiger partial charge in [-0.15, -0.1) is 0 Å². The summed E-state index contributed by atoms with van der Waals surface area (Å²) >= 11 is 0. The third kappa shape index (κ3) is 10.5. The summed E-state index contributed by atoms with van der Waals surface area (Å²) in [5.41, 5.74) is 0. The van der Waals surface area contributed by atoms with E-state index in [2.05, 4.69) is 26.9 Å². The van der Waals surface area contributed by atoms with Gasteiger partial charge in [0.2, 0.25) is 0 Å². The van der Waals surface area contributed by atoms with Crippen LogP contribution in [0.25, 0.3) is 0 Å². The lowest BCUT2D eigenvalue weighted by molar-refractivity contribution is 0.305. The fourth-order valence-electron chi connectivity index (χ4n) is 1.78. The fraction of sp³-hybridized carbons (Fsp3) is 1.00. The van der Waals surface area contributed by atoms with Crippen molar-refractivity contribution in [3.05, 3.63) is 0 Å². The number of unbranched alkanes of at least 4 members (excludes halogenated alkanes) is 5. The highest BCUT2D eigenvalue weighted by atomic mass is 28.4. The largest absolute Gasteiger partial charge is 0.417 e. The van der Waals surface area contributed by atoms with E-state index in [-0.39, 0.29) is 0 Å². The number of hydrogen-bond donors (Lipinski definition) is 0. The van der Waals surface area contributed by atoms with Crippen molar-refractivity contribution in [2.75, 3.05) is 6.61 Å². The highest BCUT2D eigenvalue weighted by molar-refractivity contribution is 6.71. The van der Waals surface area contributed by atoms with E-state index in [4.69, 9.17) is 4.43 Å². The van der Waals surface area contributed by atoms with Crippen molar-refractivity contribution in [2.45, 2.75) is 77.9 Å². The second-order valence-electron chi connectivity index (χ2n) is 5.13. The van der Waals surface area contributed by atoms with Gasteiger partial charge in [0.05, 0.1) is 0 Å². The highest BCUT2D eigenvalue weighted by Gasteiger charge is 2.20. The van der Waals surface area contributed by atoms with Crippen LogP contribution in [0.15, 0.2) is 0 Å². The van der Waals surface area contributed by atoms with E-state index in [1.54, 1.807) is 0 Å². The second kappa shape index (κ2) is 9.41. The van der Waals surface area contributed by atoms with Crippen molar-refractivity contribution in [3.63, 3.8) is 0 Å². The maximum Gasteiger partial charge on any atom is 0.186 e. The van der Waals surface area contributed by atoms with E-state index in [9.17, 15) is 0 Å². The minimum Gasteiger partial charge on any atom is -0.417 e. The van der Waals surface area contributed by atoms with Gasteiger partial charge in [-0.2, -0.15) is 0 Å². The molecule has 0 bridgehead atoms. The standard InChI is InChI=1S/C13H30OSi/c1-5-7-8-9-10-11-13-15(3,4)14-12-6-2/h5-13H2,1-4H3. The molecule has 0 aromatic carbocycles. The van der Waals surface area contributed by atoms with Crippen LogP contribution in [0, 0.1) is 0 Å². The Bertz CT molecular complexity index is 134. The molecule has 0 amide bonds. The molecule has 0 aromatic rings. The number of hydrogen-bond acceptors (Lipinski definition) is 1. The van der Waals surface area contributed by atoms with E-state index in [1.807, 2.05) is 0 Å². The molecule has 0 aliphatic heterocycles. The van der Waals surface area contributed by atoms with Crippen LogP contribution in [-0.2, 0) is 4.43 Å². The zero-order valence-corrected chi connectivity index (χ0v) is 12.3. The molecule has 92 valence electrons. The lowest BCUT2D eigenvalue weighted by Crippen LogP contribution is -2.30. The van der Waals surface area contributed by atoms with Gasteiger partial charge in [0.1, 0.15) is 0 Å². The normalized spacial score (nSPS) is 12.0. The molecule has 0 N–H and O–H groups in total. The van der Waals surface area contributed by atoms with Crippen molar-refractivity contribution in [1.29, 1.82) is 0 Å². The van der Waals surface area contributed by atoms with Crippen LogP contribution in [0.4, 0.5) is 0 Å². The zero-order chi connectivity index (χ0) is 11.6. The molecule has 15 heavy (non-hydrogen) atoms. The summed E-state index contributed by atoms with van der Waals surface area (Å²) in [4.78, 5) is 0. The molecule has 2 heteroatoms. The van der Waals surface area contributed by atoms with Crippen molar-refractivity contribution in [3.8, 4) is 0 Å². The summed E-state index contributed by atoms with van der Waals surface area (Å²) in [5.74, 6) is 0. The van der Waals surface area contributed by atoms with Crippen molar-refractivity contribution < 1.29 is 4.43 Å². The maximum atomic E-state index is 5.95. The van der Waals surface area contributed by atoms with Crippen LogP contribution in [0.1, 0.15) is 58.8 Å². The SMILES string of the molecule is CCCCCCCC[Si](C)(C)OCCC. The molecule has 0 unspecified atom stereocenters. The quantitative estimate of drug-likeness (QED) is 0.380. The van der Waals surface area contributed by atoms with Crippen LogP contribution in [0.5, 0.6) is 0 Å². The molecule has 0 fully saturated rings. The first-order valence-corrected chi connectivity index (χ1v) is 9.88. The third-order valence-corrected chi connectivity index (χ3v) is 5.37. The Morgan fingerprint density at radius 1 is 0.800 bits per heavy atom. The average molecular weight is 230 g/mol. The van der Waals surface area contributed by atoms with Crippen molar-refractivity contribution in [1.82, 2.24) is 0 Å². The van der Waals surface area contributed by atoms with E-state index in [0.717, 1.165) is 13.0 Å². The molecule has 0 saturated heterocycles. The van der Waals surface area contributed by atoms with Crippen LogP contribution in [0.2, 0.25) is 19.1 Å². The Morgan fingerprint density at radius 3 is 2.00 bits per heavy atom. The molecule has 0 spiro atoms. The van der Waals surface area contributed by atoms with E-state index < -0.39 is 8.32 Å². The molecule has 0 aliphatic rings. The van der Waals surface area contributed by atoms with Gasteiger partial charge in [-0.1, -0.05) is 52.4 Å². The first-order valence-electron chi connectivity index (χ1n) is 6.76. The Kier molecular flexibility index (Phi) is 9.52. The van der Waals surface area contributed by atoms with E-state index >= 15 is 0 Å².